The van der Waals surface area contributed by atoms with Gasteiger partial charge in [0.2, 0.25) is 0 Å². The van der Waals surface area contributed by atoms with E-state index in [0.717, 1.165) is 19.2 Å². The number of benzene rings is 1. The summed E-state index contributed by atoms with van der Waals surface area (Å²) in [6, 6.07) is 6.55. The molecule has 1 N–H and O–H groups in total. The molecule has 172 valence electrons. The van der Waals surface area contributed by atoms with Gasteiger partial charge in [0.05, 0.1) is 5.60 Å². The van der Waals surface area contributed by atoms with Gasteiger partial charge in [-0.2, -0.15) is 13.2 Å². The highest BCUT2D eigenvalue weighted by Crippen LogP contribution is 2.47. The summed E-state index contributed by atoms with van der Waals surface area (Å²) >= 11 is 0. The standard InChI is InChI=1S/C23H29F3O5/c1-15-13-18(27)14-20(3,4)21(15,29)12-11-16(2)31-19(28)22(30-5,23(24,25)26)17-9-7-6-8-10-17/h6-12,15-16,29H,13-14H2,1-5H3/b12-11+/t15-,16-,21-,22+/m1/s1. The van der Waals surface area contributed by atoms with Crippen molar-refractivity contribution in [3.63, 3.8) is 0 Å². The number of aliphatic hydroxyl groups is 1. The third-order valence-electron chi connectivity index (χ3n) is 6.10. The number of ether oxygens (including phenoxy) is 2. The Balaban J connectivity index is 2.30. The molecule has 0 spiro atoms. The molecule has 5 nitrogen and oxygen atoms in total. The van der Waals surface area contributed by atoms with Crippen molar-refractivity contribution in [2.24, 2.45) is 11.3 Å². The van der Waals surface area contributed by atoms with E-state index in [9.17, 15) is 27.9 Å². The van der Waals surface area contributed by atoms with E-state index in [0.29, 0.717) is 0 Å². The van der Waals surface area contributed by atoms with E-state index in [2.05, 4.69) is 0 Å². The van der Waals surface area contributed by atoms with Crippen molar-refractivity contribution >= 4 is 11.8 Å². The smallest absolute Gasteiger partial charge is 0.432 e. The lowest BCUT2D eigenvalue weighted by Crippen LogP contribution is -2.53. The zero-order chi connectivity index (χ0) is 23.7. The summed E-state index contributed by atoms with van der Waals surface area (Å²) in [5, 5.41) is 11.2. The Morgan fingerprint density at radius 1 is 1.26 bits per heavy atom. The largest absolute Gasteiger partial charge is 0.456 e. The molecule has 1 aliphatic rings. The topological polar surface area (TPSA) is 72.8 Å². The van der Waals surface area contributed by atoms with Gasteiger partial charge in [0.15, 0.2) is 0 Å². The van der Waals surface area contributed by atoms with Crippen LogP contribution in [-0.2, 0) is 24.7 Å². The van der Waals surface area contributed by atoms with E-state index in [1.807, 2.05) is 0 Å². The Kier molecular flexibility index (Phi) is 7.07. The zero-order valence-electron chi connectivity index (χ0n) is 18.3. The number of carbonyl (C=O) groups is 2. The van der Waals surface area contributed by atoms with Gasteiger partial charge in [0.1, 0.15) is 11.9 Å². The lowest BCUT2D eigenvalue weighted by atomic mass is 9.60. The second-order valence-electron chi connectivity index (χ2n) is 8.75. The van der Waals surface area contributed by atoms with Crippen LogP contribution in [0, 0.1) is 11.3 Å². The third-order valence-corrected chi connectivity index (χ3v) is 6.10. The fourth-order valence-electron chi connectivity index (χ4n) is 4.22. The molecule has 0 heterocycles. The Labute approximate surface area is 180 Å². The fraction of sp³-hybridized carbons (Fsp3) is 0.565. The van der Waals surface area contributed by atoms with Gasteiger partial charge in [0, 0.05) is 30.9 Å². The molecule has 0 bridgehead atoms. The summed E-state index contributed by atoms with van der Waals surface area (Å²) in [7, 11) is 0.800. The maximum absolute atomic E-state index is 14.0. The molecule has 1 aliphatic carbocycles. The molecule has 0 aromatic heterocycles. The van der Waals surface area contributed by atoms with Crippen LogP contribution >= 0.6 is 0 Å². The number of rotatable bonds is 6. The first-order valence-electron chi connectivity index (χ1n) is 10.0. The summed E-state index contributed by atoms with van der Waals surface area (Å²) in [5.74, 6) is -1.97. The van der Waals surface area contributed by atoms with Gasteiger partial charge in [-0.3, -0.25) is 4.79 Å². The lowest BCUT2D eigenvalue weighted by molar-refractivity contribution is -0.277. The maximum Gasteiger partial charge on any atom is 0.432 e. The molecule has 0 saturated heterocycles. The lowest BCUT2D eigenvalue weighted by Gasteiger charge is -2.48. The first-order valence-corrected chi connectivity index (χ1v) is 10.0. The summed E-state index contributed by atoms with van der Waals surface area (Å²) < 4.78 is 51.7. The van der Waals surface area contributed by atoms with Gasteiger partial charge >= 0.3 is 12.1 Å². The van der Waals surface area contributed by atoms with Crippen LogP contribution in [0.1, 0.15) is 46.1 Å². The van der Waals surface area contributed by atoms with Crippen LogP contribution in [0.3, 0.4) is 0 Å². The summed E-state index contributed by atoms with van der Waals surface area (Å²) in [6.07, 6.45) is -3.03. The van der Waals surface area contributed by atoms with Crippen LogP contribution in [0.5, 0.6) is 0 Å². The number of methoxy groups -OCH3 is 1. The highest BCUT2D eigenvalue weighted by molar-refractivity contribution is 5.83. The molecule has 31 heavy (non-hydrogen) atoms. The minimum Gasteiger partial charge on any atom is -0.456 e. The van der Waals surface area contributed by atoms with Gasteiger partial charge in [-0.05, 0) is 18.9 Å². The van der Waals surface area contributed by atoms with Crippen molar-refractivity contribution in [2.45, 2.75) is 64.0 Å². The van der Waals surface area contributed by atoms with Crippen molar-refractivity contribution in [2.75, 3.05) is 7.11 Å². The summed E-state index contributed by atoms with van der Waals surface area (Å²) in [6.45, 7) is 6.62. The first-order chi connectivity index (χ1) is 14.2. The van der Waals surface area contributed by atoms with Crippen LogP contribution in [0.2, 0.25) is 0 Å². The quantitative estimate of drug-likeness (QED) is 0.524. The highest BCUT2D eigenvalue weighted by atomic mass is 19.4. The molecule has 1 saturated carbocycles. The number of alkyl halides is 3. The van der Waals surface area contributed by atoms with Crippen molar-refractivity contribution in [1.29, 1.82) is 0 Å². The van der Waals surface area contributed by atoms with Crippen molar-refractivity contribution in [3.8, 4) is 0 Å². The molecule has 0 unspecified atom stereocenters. The Morgan fingerprint density at radius 3 is 2.32 bits per heavy atom. The van der Waals surface area contributed by atoms with Gasteiger partial charge in [0.25, 0.3) is 5.60 Å². The number of Topliss-reactive ketones (excluding diaryl/α,β-unsaturated/α-hetero) is 1. The van der Waals surface area contributed by atoms with E-state index in [4.69, 9.17) is 9.47 Å². The minimum absolute atomic E-state index is 0.0352. The van der Waals surface area contributed by atoms with E-state index in [1.54, 1.807) is 20.8 Å². The monoisotopic (exact) mass is 442 g/mol. The predicted octanol–water partition coefficient (Wildman–Crippen LogP) is 4.33. The Hall–Kier alpha value is -2.19. The van der Waals surface area contributed by atoms with Crippen LogP contribution in [0.25, 0.3) is 0 Å². The predicted molar refractivity (Wildman–Crippen MR) is 108 cm³/mol. The van der Waals surface area contributed by atoms with Crippen LogP contribution < -0.4 is 0 Å². The van der Waals surface area contributed by atoms with E-state index >= 15 is 0 Å². The molecule has 2 rings (SSSR count). The average Bonchev–Trinajstić information content (AvgIpc) is 2.65. The molecule has 1 fully saturated rings. The second kappa shape index (κ2) is 8.74. The highest BCUT2D eigenvalue weighted by Gasteiger charge is 2.64. The molecule has 1 aromatic rings. The molecular formula is C23H29F3O5. The molecule has 1 aromatic carbocycles. The van der Waals surface area contributed by atoms with E-state index in [1.165, 1.54) is 37.3 Å². The zero-order valence-corrected chi connectivity index (χ0v) is 18.3. The Bertz CT molecular complexity index is 833. The van der Waals surface area contributed by atoms with Crippen LogP contribution in [0.4, 0.5) is 13.2 Å². The molecular weight excluding hydrogens is 413 g/mol. The van der Waals surface area contributed by atoms with Crippen LogP contribution in [0.15, 0.2) is 42.5 Å². The number of hydrogen-bond donors (Lipinski definition) is 1. The van der Waals surface area contributed by atoms with Gasteiger partial charge in [-0.1, -0.05) is 57.2 Å². The van der Waals surface area contributed by atoms with Gasteiger partial charge in [-0.25, -0.2) is 4.79 Å². The fourth-order valence-corrected chi connectivity index (χ4v) is 4.22. The van der Waals surface area contributed by atoms with E-state index in [-0.39, 0.29) is 18.6 Å². The summed E-state index contributed by atoms with van der Waals surface area (Å²) in [4.78, 5) is 24.6. The second-order valence-corrected chi connectivity index (χ2v) is 8.75. The summed E-state index contributed by atoms with van der Waals surface area (Å²) in [5.41, 5.74) is -5.85. The molecule has 0 amide bonds. The van der Waals surface area contributed by atoms with Gasteiger partial charge in [-0.15, -0.1) is 0 Å². The number of hydrogen-bond acceptors (Lipinski definition) is 5. The molecule has 4 atom stereocenters. The third kappa shape index (κ3) is 4.55. The average molecular weight is 442 g/mol. The first kappa shape index (κ1) is 25.1. The normalized spacial score (nSPS) is 27.0. The van der Waals surface area contributed by atoms with E-state index < -0.39 is 46.3 Å². The minimum atomic E-state index is -5.07. The van der Waals surface area contributed by atoms with Crippen molar-refractivity contribution in [1.82, 2.24) is 0 Å². The van der Waals surface area contributed by atoms with Crippen LogP contribution in [-0.4, -0.2) is 41.9 Å². The van der Waals surface area contributed by atoms with Crippen molar-refractivity contribution < 1.29 is 37.3 Å². The van der Waals surface area contributed by atoms with Crippen molar-refractivity contribution in [3.05, 3.63) is 48.0 Å². The number of ketones is 1. The number of halogens is 3. The number of carbonyl (C=O) groups excluding carboxylic acids is 2. The maximum atomic E-state index is 14.0. The number of esters is 1. The Morgan fingerprint density at radius 2 is 1.84 bits per heavy atom. The molecule has 0 aliphatic heterocycles. The molecule has 0 radical (unpaired) electrons. The molecule has 8 heteroatoms. The SMILES string of the molecule is CO[C@](C(=O)O[C@H](C)/C=C/[C@@]1(O)[C@H](C)CC(=O)CC1(C)C)(c1ccccc1)C(F)(F)F. The van der Waals surface area contributed by atoms with Gasteiger partial charge < -0.3 is 14.6 Å².